The van der Waals surface area contributed by atoms with Gasteiger partial charge in [0.15, 0.2) is 17.5 Å². The molecule has 0 radical (unpaired) electrons. The maximum atomic E-state index is 13.0. The first kappa shape index (κ1) is 14.0. The van der Waals surface area contributed by atoms with Gasteiger partial charge in [-0.1, -0.05) is 18.2 Å². The number of nitrogen functional groups attached to an aromatic ring is 1. The number of methoxy groups -OCH3 is 1. The molecule has 0 fully saturated rings. The van der Waals surface area contributed by atoms with Gasteiger partial charge >= 0.3 is 0 Å². The number of benzene rings is 2. The molecule has 104 valence electrons. The zero-order valence-corrected chi connectivity index (χ0v) is 10.7. The molecule has 0 heterocycles. The van der Waals surface area contributed by atoms with E-state index in [9.17, 15) is 13.2 Å². The zero-order valence-electron chi connectivity index (χ0n) is 10.7. The molecule has 0 unspecified atom stereocenters. The van der Waals surface area contributed by atoms with Crippen molar-refractivity contribution in [3.05, 3.63) is 58.9 Å². The molecule has 20 heavy (non-hydrogen) atoms. The van der Waals surface area contributed by atoms with E-state index in [4.69, 9.17) is 10.5 Å². The Bertz CT molecular complexity index is 645. The Labute approximate surface area is 114 Å². The second-order valence-corrected chi connectivity index (χ2v) is 4.13. The standard InChI is InChI=1S/C15H12F3NO/c1-20-14-5-4-9(8-13(14)19)2-3-10-6-11(16)15(18)12(17)7-10/h2-8H,19H2,1H3/b3-2-. The fourth-order valence-corrected chi connectivity index (χ4v) is 1.72. The summed E-state index contributed by atoms with van der Waals surface area (Å²) in [6, 6.07) is 6.91. The average molecular weight is 279 g/mol. The molecular weight excluding hydrogens is 267 g/mol. The number of nitrogens with two attached hydrogens (primary N) is 1. The predicted molar refractivity (Wildman–Crippen MR) is 72.7 cm³/mol. The topological polar surface area (TPSA) is 35.2 Å². The van der Waals surface area contributed by atoms with E-state index in [0.717, 1.165) is 17.7 Å². The molecule has 2 N–H and O–H groups in total. The predicted octanol–water partition coefficient (Wildman–Crippen LogP) is 3.87. The Morgan fingerprint density at radius 1 is 0.950 bits per heavy atom. The van der Waals surface area contributed by atoms with Gasteiger partial charge in [-0.2, -0.15) is 0 Å². The van der Waals surface area contributed by atoms with Crippen LogP contribution in [0.2, 0.25) is 0 Å². The molecule has 2 rings (SSSR count). The van der Waals surface area contributed by atoms with Crippen molar-refractivity contribution >= 4 is 17.8 Å². The van der Waals surface area contributed by atoms with Gasteiger partial charge < -0.3 is 10.5 Å². The van der Waals surface area contributed by atoms with Crippen molar-refractivity contribution in [3.8, 4) is 5.75 Å². The molecule has 0 aromatic heterocycles. The van der Waals surface area contributed by atoms with Gasteiger partial charge in [-0.25, -0.2) is 13.2 Å². The fraction of sp³-hybridized carbons (Fsp3) is 0.0667. The molecule has 2 nitrogen and oxygen atoms in total. The lowest BCUT2D eigenvalue weighted by Crippen LogP contribution is -1.92. The zero-order chi connectivity index (χ0) is 14.7. The quantitative estimate of drug-likeness (QED) is 0.526. The van der Waals surface area contributed by atoms with Crippen LogP contribution in [0.3, 0.4) is 0 Å². The Hall–Kier alpha value is -2.43. The van der Waals surface area contributed by atoms with Crippen molar-refractivity contribution in [1.29, 1.82) is 0 Å². The third-order valence-corrected chi connectivity index (χ3v) is 2.73. The van der Waals surface area contributed by atoms with E-state index >= 15 is 0 Å². The molecule has 0 atom stereocenters. The van der Waals surface area contributed by atoms with E-state index in [2.05, 4.69) is 0 Å². The van der Waals surface area contributed by atoms with Crippen LogP contribution in [0.25, 0.3) is 12.2 Å². The van der Waals surface area contributed by atoms with Gasteiger partial charge in [0, 0.05) is 0 Å². The summed E-state index contributed by atoms with van der Waals surface area (Å²) in [5.74, 6) is -3.38. The van der Waals surface area contributed by atoms with Crippen LogP contribution in [0, 0.1) is 17.5 Å². The molecule has 0 bridgehead atoms. The largest absolute Gasteiger partial charge is 0.495 e. The van der Waals surface area contributed by atoms with E-state index in [1.165, 1.54) is 13.2 Å². The summed E-state index contributed by atoms with van der Waals surface area (Å²) < 4.78 is 43.9. The highest BCUT2D eigenvalue weighted by molar-refractivity contribution is 5.72. The number of ether oxygens (including phenoxy) is 1. The summed E-state index contributed by atoms with van der Waals surface area (Å²) >= 11 is 0. The second kappa shape index (κ2) is 5.69. The van der Waals surface area contributed by atoms with Crippen molar-refractivity contribution in [2.24, 2.45) is 0 Å². The highest BCUT2D eigenvalue weighted by Gasteiger charge is 2.08. The maximum absolute atomic E-state index is 13.0. The lowest BCUT2D eigenvalue weighted by molar-refractivity contribution is 0.417. The normalized spacial score (nSPS) is 11.0. The first-order chi connectivity index (χ1) is 9.51. The van der Waals surface area contributed by atoms with Crippen molar-refractivity contribution in [2.45, 2.75) is 0 Å². The first-order valence-electron chi connectivity index (χ1n) is 5.77. The van der Waals surface area contributed by atoms with E-state index in [0.29, 0.717) is 11.4 Å². The Balaban J connectivity index is 2.27. The van der Waals surface area contributed by atoms with Crippen LogP contribution in [0.15, 0.2) is 30.3 Å². The van der Waals surface area contributed by atoms with Gasteiger partial charge in [0.1, 0.15) is 5.75 Å². The molecule has 5 heteroatoms. The van der Waals surface area contributed by atoms with Crippen LogP contribution in [0.4, 0.5) is 18.9 Å². The molecule has 2 aromatic rings. The molecule has 0 amide bonds. The van der Waals surface area contributed by atoms with Crippen LogP contribution in [0.5, 0.6) is 5.75 Å². The molecule has 0 aliphatic rings. The van der Waals surface area contributed by atoms with Gasteiger partial charge in [-0.05, 0) is 35.4 Å². The minimum Gasteiger partial charge on any atom is -0.495 e. The van der Waals surface area contributed by atoms with Crippen LogP contribution < -0.4 is 10.5 Å². The number of halogens is 3. The summed E-state index contributed by atoms with van der Waals surface area (Å²) in [5, 5.41) is 0. The van der Waals surface area contributed by atoms with Crippen molar-refractivity contribution < 1.29 is 17.9 Å². The minimum absolute atomic E-state index is 0.218. The summed E-state index contributed by atoms with van der Waals surface area (Å²) in [4.78, 5) is 0. The lowest BCUT2D eigenvalue weighted by atomic mass is 10.1. The second-order valence-electron chi connectivity index (χ2n) is 4.13. The Morgan fingerprint density at radius 3 is 2.10 bits per heavy atom. The van der Waals surface area contributed by atoms with E-state index in [1.807, 2.05) is 0 Å². The number of rotatable bonds is 3. The van der Waals surface area contributed by atoms with Crippen molar-refractivity contribution in [2.75, 3.05) is 12.8 Å². The molecule has 0 saturated heterocycles. The van der Waals surface area contributed by atoms with Gasteiger partial charge in [0.25, 0.3) is 0 Å². The number of hydrogen-bond donors (Lipinski definition) is 1. The van der Waals surface area contributed by atoms with Crippen molar-refractivity contribution in [1.82, 2.24) is 0 Å². The summed E-state index contributed by atoms with van der Waals surface area (Å²) in [6.45, 7) is 0. The van der Waals surface area contributed by atoms with Crippen LogP contribution in [-0.2, 0) is 0 Å². The van der Waals surface area contributed by atoms with Crippen LogP contribution in [0.1, 0.15) is 11.1 Å². The van der Waals surface area contributed by atoms with Gasteiger partial charge in [0.2, 0.25) is 0 Å². The number of anilines is 1. The highest BCUT2D eigenvalue weighted by atomic mass is 19.2. The molecule has 0 aliphatic carbocycles. The van der Waals surface area contributed by atoms with Gasteiger partial charge in [-0.15, -0.1) is 0 Å². The van der Waals surface area contributed by atoms with Gasteiger partial charge in [-0.3, -0.25) is 0 Å². The summed E-state index contributed by atoms with van der Waals surface area (Å²) in [6.07, 6.45) is 3.08. The fourth-order valence-electron chi connectivity index (χ4n) is 1.72. The molecular formula is C15H12F3NO. The minimum atomic E-state index is -1.48. The molecule has 0 spiro atoms. The third kappa shape index (κ3) is 2.93. The average Bonchev–Trinajstić information content (AvgIpc) is 2.42. The van der Waals surface area contributed by atoms with Crippen LogP contribution >= 0.6 is 0 Å². The van der Waals surface area contributed by atoms with E-state index < -0.39 is 17.5 Å². The Morgan fingerprint density at radius 2 is 1.55 bits per heavy atom. The van der Waals surface area contributed by atoms with Crippen LogP contribution in [-0.4, -0.2) is 7.11 Å². The first-order valence-corrected chi connectivity index (χ1v) is 5.77. The lowest BCUT2D eigenvalue weighted by Gasteiger charge is -2.04. The van der Waals surface area contributed by atoms with Gasteiger partial charge in [0.05, 0.1) is 12.8 Å². The SMILES string of the molecule is COc1ccc(/C=C\c2cc(F)c(F)c(F)c2)cc1N. The highest BCUT2D eigenvalue weighted by Crippen LogP contribution is 2.23. The summed E-state index contributed by atoms with van der Waals surface area (Å²) in [5.41, 5.74) is 7.14. The molecule has 2 aromatic carbocycles. The molecule has 0 saturated carbocycles. The third-order valence-electron chi connectivity index (χ3n) is 2.73. The smallest absolute Gasteiger partial charge is 0.194 e. The van der Waals surface area contributed by atoms with E-state index in [1.54, 1.807) is 24.3 Å². The van der Waals surface area contributed by atoms with Crippen molar-refractivity contribution in [3.63, 3.8) is 0 Å². The summed E-state index contributed by atoms with van der Waals surface area (Å²) in [7, 11) is 1.51. The Kier molecular flexibility index (Phi) is 3.98. The monoisotopic (exact) mass is 279 g/mol. The van der Waals surface area contributed by atoms with E-state index in [-0.39, 0.29) is 5.56 Å². The number of hydrogen-bond acceptors (Lipinski definition) is 2. The maximum Gasteiger partial charge on any atom is 0.194 e. The molecule has 0 aliphatic heterocycles.